The molecule has 1 aromatic rings. The normalized spacial score (nSPS) is 23.5. The Morgan fingerprint density at radius 3 is 3.06 bits per heavy atom. The zero-order valence-electron chi connectivity index (χ0n) is 10.5. The first-order valence-electron chi connectivity index (χ1n) is 6.63. The second kappa shape index (κ2) is 6.12. The van der Waals surface area contributed by atoms with E-state index in [0.29, 0.717) is 6.04 Å². The number of piperidine rings is 1. The summed E-state index contributed by atoms with van der Waals surface area (Å²) in [6.07, 6.45) is 6.06. The molecule has 2 atom stereocenters. The molecule has 1 saturated heterocycles. The quantitative estimate of drug-likeness (QED) is 0.867. The molecule has 0 unspecified atom stereocenters. The lowest BCUT2D eigenvalue weighted by Gasteiger charge is -2.38. The molecule has 0 aromatic carbocycles. The molecule has 0 spiro atoms. The average molecular weight is 234 g/mol. The molecule has 0 radical (unpaired) electrons. The first kappa shape index (κ1) is 12.5. The van der Waals surface area contributed by atoms with Gasteiger partial charge in [-0.05, 0) is 37.9 Å². The van der Waals surface area contributed by atoms with Crippen molar-refractivity contribution >= 4 is 0 Å². The monoisotopic (exact) mass is 234 g/mol. The van der Waals surface area contributed by atoms with Gasteiger partial charge in [-0.1, -0.05) is 19.4 Å². The van der Waals surface area contributed by atoms with E-state index in [9.17, 15) is 5.11 Å². The Hall–Kier alpha value is -0.930. The minimum atomic E-state index is -0.195. The summed E-state index contributed by atoms with van der Waals surface area (Å²) in [6.45, 7) is 4.00. The summed E-state index contributed by atoms with van der Waals surface area (Å²) in [4.78, 5) is 6.76. The van der Waals surface area contributed by atoms with Crippen LogP contribution in [0.1, 0.15) is 38.3 Å². The van der Waals surface area contributed by atoms with Gasteiger partial charge in [-0.3, -0.25) is 9.88 Å². The summed E-state index contributed by atoms with van der Waals surface area (Å²) < 4.78 is 0. The Kier molecular flexibility index (Phi) is 4.51. The fraction of sp³-hybridized carbons (Fsp3) is 0.643. The number of aromatic nitrogens is 1. The Bertz CT molecular complexity index is 328. The summed E-state index contributed by atoms with van der Waals surface area (Å²) in [6, 6.07) is 6.34. The standard InChI is InChI=1S/C14H22N2O/c1-2-14(17)13-8-4-6-10-16(13)11-12-7-3-5-9-15-12/h3,5,7,9,13-14,17H,2,4,6,8,10-11H2,1H3/t13-,14-/m1/s1. The second-order valence-corrected chi connectivity index (χ2v) is 4.83. The minimum absolute atomic E-state index is 0.195. The SMILES string of the molecule is CC[C@@H](O)[C@H]1CCCCN1Cc1ccccn1. The van der Waals surface area contributed by atoms with Crippen LogP contribution in [0.3, 0.4) is 0 Å². The van der Waals surface area contributed by atoms with Crippen LogP contribution in [-0.4, -0.2) is 33.7 Å². The molecule has 2 rings (SSSR count). The highest BCUT2D eigenvalue weighted by atomic mass is 16.3. The van der Waals surface area contributed by atoms with E-state index in [1.165, 1.54) is 12.8 Å². The molecule has 1 aliphatic heterocycles. The molecule has 1 aromatic heterocycles. The van der Waals surface area contributed by atoms with Gasteiger partial charge in [-0.15, -0.1) is 0 Å². The van der Waals surface area contributed by atoms with Gasteiger partial charge in [0, 0.05) is 18.8 Å². The van der Waals surface area contributed by atoms with Crippen molar-refractivity contribution < 1.29 is 5.11 Å². The summed E-state index contributed by atoms with van der Waals surface area (Å²) in [5.41, 5.74) is 1.10. The maximum absolute atomic E-state index is 10.1. The lowest BCUT2D eigenvalue weighted by atomic mass is 9.96. The Morgan fingerprint density at radius 2 is 2.35 bits per heavy atom. The van der Waals surface area contributed by atoms with Gasteiger partial charge in [0.15, 0.2) is 0 Å². The fourth-order valence-electron chi connectivity index (χ4n) is 2.62. The first-order chi connectivity index (χ1) is 8.31. The lowest BCUT2D eigenvalue weighted by molar-refractivity contribution is 0.0189. The molecular weight excluding hydrogens is 212 g/mol. The Balaban J connectivity index is 2.01. The van der Waals surface area contributed by atoms with E-state index in [1.54, 1.807) is 0 Å². The van der Waals surface area contributed by atoms with E-state index in [-0.39, 0.29) is 6.10 Å². The molecule has 1 fully saturated rings. The molecule has 0 bridgehead atoms. The van der Waals surface area contributed by atoms with Crippen molar-refractivity contribution in [3.63, 3.8) is 0 Å². The maximum atomic E-state index is 10.1. The third kappa shape index (κ3) is 3.27. The number of nitrogens with zero attached hydrogens (tertiary/aromatic N) is 2. The van der Waals surface area contributed by atoms with Gasteiger partial charge in [0.2, 0.25) is 0 Å². The third-order valence-corrected chi connectivity index (χ3v) is 3.62. The highest BCUT2D eigenvalue weighted by Crippen LogP contribution is 2.22. The van der Waals surface area contributed by atoms with E-state index < -0.39 is 0 Å². The van der Waals surface area contributed by atoms with Crippen LogP contribution in [0.2, 0.25) is 0 Å². The van der Waals surface area contributed by atoms with E-state index >= 15 is 0 Å². The summed E-state index contributed by atoms with van der Waals surface area (Å²) in [5, 5.41) is 10.1. The summed E-state index contributed by atoms with van der Waals surface area (Å²) in [7, 11) is 0. The molecule has 3 heteroatoms. The molecule has 0 amide bonds. The summed E-state index contributed by atoms with van der Waals surface area (Å²) in [5.74, 6) is 0. The van der Waals surface area contributed by atoms with Gasteiger partial charge in [0.1, 0.15) is 0 Å². The van der Waals surface area contributed by atoms with Crippen molar-refractivity contribution in [2.45, 2.75) is 51.3 Å². The molecule has 0 aliphatic carbocycles. The average Bonchev–Trinajstić information content (AvgIpc) is 2.40. The second-order valence-electron chi connectivity index (χ2n) is 4.83. The van der Waals surface area contributed by atoms with Gasteiger partial charge in [-0.25, -0.2) is 0 Å². The van der Waals surface area contributed by atoms with Crippen LogP contribution in [0.25, 0.3) is 0 Å². The topological polar surface area (TPSA) is 36.4 Å². The van der Waals surface area contributed by atoms with Crippen LogP contribution >= 0.6 is 0 Å². The van der Waals surface area contributed by atoms with E-state index in [1.807, 2.05) is 18.3 Å². The van der Waals surface area contributed by atoms with Crippen LogP contribution in [0.4, 0.5) is 0 Å². The molecule has 0 saturated carbocycles. The largest absolute Gasteiger partial charge is 0.392 e. The van der Waals surface area contributed by atoms with Gasteiger partial charge < -0.3 is 5.11 Å². The first-order valence-corrected chi connectivity index (χ1v) is 6.63. The van der Waals surface area contributed by atoms with E-state index in [2.05, 4.69) is 22.9 Å². The van der Waals surface area contributed by atoms with Gasteiger partial charge in [0.05, 0.1) is 11.8 Å². The van der Waals surface area contributed by atoms with Crippen molar-refractivity contribution in [3.05, 3.63) is 30.1 Å². The van der Waals surface area contributed by atoms with Gasteiger partial charge in [-0.2, -0.15) is 0 Å². The number of aliphatic hydroxyl groups excluding tert-OH is 1. The lowest BCUT2D eigenvalue weighted by Crippen LogP contribution is -2.46. The molecule has 17 heavy (non-hydrogen) atoms. The third-order valence-electron chi connectivity index (χ3n) is 3.62. The Morgan fingerprint density at radius 1 is 1.47 bits per heavy atom. The predicted molar refractivity (Wildman–Crippen MR) is 68.6 cm³/mol. The van der Waals surface area contributed by atoms with Crippen molar-refractivity contribution in [1.29, 1.82) is 0 Å². The maximum Gasteiger partial charge on any atom is 0.0692 e. The smallest absolute Gasteiger partial charge is 0.0692 e. The zero-order chi connectivity index (χ0) is 12.1. The number of likely N-dealkylation sites (tertiary alicyclic amines) is 1. The van der Waals surface area contributed by atoms with Crippen molar-refractivity contribution in [2.24, 2.45) is 0 Å². The molecule has 3 nitrogen and oxygen atoms in total. The summed E-state index contributed by atoms with van der Waals surface area (Å²) >= 11 is 0. The molecule has 94 valence electrons. The van der Waals surface area contributed by atoms with Crippen LogP contribution in [0, 0.1) is 0 Å². The molecule has 1 aliphatic rings. The van der Waals surface area contributed by atoms with E-state index in [4.69, 9.17) is 0 Å². The van der Waals surface area contributed by atoms with Crippen molar-refractivity contribution in [2.75, 3.05) is 6.54 Å². The number of pyridine rings is 1. The predicted octanol–water partition coefficient (Wildman–Crippen LogP) is 2.21. The minimum Gasteiger partial charge on any atom is -0.392 e. The Labute approximate surface area is 103 Å². The fourth-order valence-corrected chi connectivity index (χ4v) is 2.62. The number of aliphatic hydroxyl groups is 1. The van der Waals surface area contributed by atoms with Crippen LogP contribution in [0.5, 0.6) is 0 Å². The number of hydrogen-bond donors (Lipinski definition) is 1. The number of hydrogen-bond acceptors (Lipinski definition) is 3. The van der Waals surface area contributed by atoms with Crippen LogP contribution in [-0.2, 0) is 6.54 Å². The molecule has 1 N–H and O–H groups in total. The highest BCUT2D eigenvalue weighted by molar-refractivity contribution is 5.04. The van der Waals surface area contributed by atoms with Crippen molar-refractivity contribution in [1.82, 2.24) is 9.88 Å². The van der Waals surface area contributed by atoms with Crippen LogP contribution in [0.15, 0.2) is 24.4 Å². The number of rotatable bonds is 4. The van der Waals surface area contributed by atoms with Crippen LogP contribution < -0.4 is 0 Å². The molecule has 2 heterocycles. The van der Waals surface area contributed by atoms with E-state index in [0.717, 1.165) is 31.6 Å². The highest BCUT2D eigenvalue weighted by Gasteiger charge is 2.27. The zero-order valence-corrected chi connectivity index (χ0v) is 10.5. The van der Waals surface area contributed by atoms with Crippen molar-refractivity contribution in [3.8, 4) is 0 Å². The molecular formula is C14H22N2O. The van der Waals surface area contributed by atoms with Gasteiger partial charge in [0.25, 0.3) is 0 Å². The van der Waals surface area contributed by atoms with Gasteiger partial charge >= 0.3 is 0 Å².